The van der Waals surface area contributed by atoms with E-state index in [1.165, 1.54) is 0 Å². The maximum absolute atomic E-state index is 12.3. The minimum absolute atomic E-state index is 0.0347. The van der Waals surface area contributed by atoms with Crippen molar-refractivity contribution >= 4 is 17.4 Å². The number of likely N-dealkylation sites (tertiary alicyclic amines) is 1. The van der Waals surface area contributed by atoms with E-state index in [0.29, 0.717) is 18.2 Å². The van der Waals surface area contributed by atoms with Crippen molar-refractivity contribution < 1.29 is 4.79 Å². The normalized spacial score (nSPS) is 16.2. The Hall–Kier alpha value is -2.34. The first-order chi connectivity index (χ1) is 11.7. The van der Waals surface area contributed by atoms with Crippen molar-refractivity contribution in [2.45, 2.75) is 32.2 Å². The maximum Gasteiger partial charge on any atom is 0.229 e. The van der Waals surface area contributed by atoms with Crippen LogP contribution in [0.2, 0.25) is 0 Å². The van der Waals surface area contributed by atoms with Gasteiger partial charge in [-0.25, -0.2) is 4.68 Å². The van der Waals surface area contributed by atoms with E-state index in [1.807, 2.05) is 35.0 Å². The van der Waals surface area contributed by atoms with Gasteiger partial charge in [-0.05, 0) is 37.1 Å². The molecule has 2 aromatic rings. The van der Waals surface area contributed by atoms with Gasteiger partial charge in [-0.1, -0.05) is 19.1 Å². The number of aromatic nitrogens is 2. The lowest BCUT2D eigenvalue weighted by molar-refractivity contribution is -0.115. The highest BCUT2D eigenvalue weighted by atomic mass is 16.1. The van der Waals surface area contributed by atoms with Crippen LogP contribution in [0, 0.1) is 0 Å². The Kier molecular flexibility index (Phi) is 5.15. The van der Waals surface area contributed by atoms with Crippen molar-refractivity contribution in [3.8, 4) is 0 Å². The molecule has 1 aliphatic heterocycles. The Morgan fingerprint density at radius 2 is 1.96 bits per heavy atom. The van der Waals surface area contributed by atoms with Gasteiger partial charge in [-0.3, -0.25) is 4.79 Å². The molecule has 0 aliphatic carbocycles. The second-order valence-corrected chi connectivity index (χ2v) is 6.29. The molecule has 1 saturated heterocycles. The molecule has 1 aliphatic rings. The highest BCUT2D eigenvalue weighted by Crippen LogP contribution is 2.25. The molecule has 1 amide bonds. The molecule has 1 aromatic heterocycles. The van der Waals surface area contributed by atoms with Crippen LogP contribution in [0.1, 0.15) is 31.4 Å². The number of carbonyl (C=O) groups is 1. The Bertz CT molecular complexity index is 671. The number of nitrogen functional groups attached to an aromatic ring is 1. The molecule has 1 fully saturated rings. The summed E-state index contributed by atoms with van der Waals surface area (Å²) in [5.41, 5.74) is 7.33. The second-order valence-electron chi connectivity index (χ2n) is 6.29. The molecule has 128 valence electrons. The molecule has 3 N–H and O–H groups in total. The van der Waals surface area contributed by atoms with Gasteiger partial charge in [0.1, 0.15) is 5.82 Å². The molecule has 0 unspecified atom stereocenters. The summed E-state index contributed by atoms with van der Waals surface area (Å²) in [4.78, 5) is 14.8. The lowest BCUT2D eigenvalue weighted by atomic mass is 10.1. The van der Waals surface area contributed by atoms with Crippen LogP contribution in [0.25, 0.3) is 0 Å². The average Bonchev–Trinajstić information content (AvgIpc) is 3.05. The largest absolute Gasteiger partial charge is 0.399 e. The standard InChI is InChI=1S/C18H25N5O/c1-2-22-11-8-16(9-12-22)23-17(7-10-20-23)21-18(24)13-14-3-5-15(19)6-4-14/h3-7,10,16H,2,8-9,11-13,19H2,1H3,(H,21,24). The first kappa shape index (κ1) is 16.5. The molecular formula is C18H25N5O. The molecule has 6 nitrogen and oxygen atoms in total. The first-order valence-corrected chi connectivity index (χ1v) is 8.56. The Labute approximate surface area is 142 Å². The van der Waals surface area contributed by atoms with Crippen LogP contribution < -0.4 is 11.1 Å². The number of piperidine rings is 1. The van der Waals surface area contributed by atoms with Crippen LogP contribution in [0.4, 0.5) is 11.5 Å². The Morgan fingerprint density at radius 3 is 2.62 bits per heavy atom. The molecule has 2 heterocycles. The zero-order chi connectivity index (χ0) is 16.9. The molecule has 24 heavy (non-hydrogen) atoms. The third kappa shape index (κ3) is 3.94. The number of benzene rings is 1. The molecule has 6 heteroatoms. The first-order valence-electron chi connectivity index (χ1n) is 8.56. The summed E-state index contributed by atoms with van der Waals surface area (Å²) in [7, 11) is 0. The van der Waals surface area contributed by atoms with Crippen molar-refractivity contribution in [2.75, 3.05) is 30.7 Å². The van der Waals surface area contributed by atoms with Gasteiger partial charge in [0, 0.05) is 24.8 Å². The molecule has 0 saturated carbocycles. The Morgan fingerprint density at radius 1 is 1.25 bits per heavy atom. The summed E-state index contributed by atoms with van der Waals surface area (Å²) in [5, 5.41) is 7.42. The molecule has 3 rings (SSSR count). The minimum Gasteiger partial charge on any atom is -0.399 e. The van der Waals surface area contributed by atoms with E-state index in [9.17, 15) is 4.79 Å². The summed E-state index contributed by atoms with van der Waals surface area (Å²) in [6.07, 6.45) is 4.22. The average molecular weight is 327 g/mol. The highest BCUT2D eigenvalue weighted by molar-refractivity contribution is 5.91. The summed E-state index contributed by atoms with van der Waals surface area (Å²) < 4.78 is 1.97. The predicted molar refractivity (Wildman–Crippen MR) is 95.8 cm³/mol. The Balaban J connectivity index is 1.61. The fraction of sp³-hybridized carbons (Fsp3) is 0.444. The smallest absolute Gasteiger partial charge is 0.229 e. The number of hydrogen-bond donors (Lipinski definition) is 2. The van der Waals surface area contributed by atoms with E-state index in [-0.39, 0.29) is 5.91 Å². The van der Waals surface area contributed by atoms with Crippen LogP contribution in [-0.4, -0.2) is 40.2 Å². The van der Waals surface area contributed by atoms with E-state index in [0.717, 1.165) is 43.9 Å². The van der Waals surface area contributed by atoms with E-state index >= 15 is 0 Å². The van der Waals surface area contributed by atoms with Crippen LogP contribution in [0.5, 0.6) is 0 Å². The van der Waals surface area contributed by atoms with Gasteiger partial charge in [-0.2, -0.15) is 5.10 Å². The summed E-state index contributed by atoms with van der Waals surface area (Å²) in [5.74, 6) is 0.748. The number of nitrogens with one attached hydrogen (secondary N) is 1. The van der Waals surface area contributed by atoms with Crippen molar-refractivity contribution in [1.82, 2.24) is 14.7 Å². The van der Waals surface area contributed by atoms with Crippen molar-refractivity contribution in [2.24, 2.45) is 0 Å². The van der Waals surface area contributed by atoms with Crippen LogP contribution in [-0.2, 0) is 11.2 Å². The molecule has 0 radical (unpaired) electrons. The van der Waals surface area contributed by atoms with E-state index in [2.05, 4.69) is 22.2 Å². The van der Waals surface area contributed by atoms with Gasteiger partial charge in [0.2, 0.25) is 5.91 Å². The number of rotatable bonds is 5. The quantitative estimate of drug-likeness (QED) is 0.826. The minimum atomic E-state index is -0.0347. The molecular weight excluding hydrogens is 302 g/mol. The topological polar surface area (TPSA) is 76.2 Å². The molecule has 0 atom stereocenters. The van der Waals surface area contributed by atoms with Gasteiger partial charge < -0.3 is 16.0 Å². The lowest BCUT2D eigenvalue weighted by Gasteiger charge is -2.31. The monoisotopic (exact) mass is 327 g/mol. The zero-order valence-electron chi connectivity index (χ0n) is 14.1. The summed E-state index contributed by atoms with van der Waals surface area (Å²) in [6, 6.07) is 9.62. The third-order valence-corrected chi connectivity index (χ3v) is 4.63. The third-order valence-electron chi connectivity index (χ3n) is 4.63. The second kappa shape index (κ2) is 7.49. The number of amides is 1. The highest BCUT2D eigenvalue weighted by Gasteiger charge is 2.22. The van der Waals surface area contributed by atoms with Gasteiger partial charge in [0.15, 0.2) is 0 Å². The zero-order valence-corrected chi connectivity index (χ0v) is 14.1. The SMILES string of the molecule is CCN1CCC(n2nccc2NC(=O)Cc2ccc(N)cc2)CC1. The molecule has 0 spiro atoms. The number of nitrogens with two attached hydrogens (primary N) is 1. The van der Waals surface area contributed by atoms with Gasteiger partial charge in [0.25, 0.3) is 0 Å². The van der Waals surface area contributed by atoms with E-state index in [1.54, 1.807) is 6.20 Å². The van der Waals surface area contributed by atoms with E-state index < -0.39 is 0 Å². The predicted octanol–water partition coefficient (Wildman–Crippen LogP) is 2.30. The summed E-state index contributed by atoms with van der Waals surface area (Å²) in [6.45, 7) is 5.45. The fourth-order valence-electron chi connectivity index (χ4n) is 3.19. The fourth-order valence-corrected chi connectivity index (χ4v) is 3.19. The van der Waals surface area contributed by atoms with Crippen LogP contribution in [0.15, 0.2) is 36.5 Å². The van der Waals surface area contributed by atoms with Crippen molar-refractivity contribution in [3.05, 3.63) is 42.1 Å². The van der Waals surface area contributed by atoms with Gasteiger partial charge in [0.05, 0.1) is 18.7 Å². The summed E-state index contributed by atoms with van der Waals surface area (Å²) >= 11 is 0. The van der Waals surface area contributed by atoms with Gasteiger partial charge >= 0.3 is 0 Å². The van der Waals surface area contributed by atoms with Crippen LogP contribution in [0.3, 0.4) is 0 Å². The number of nitrogens with zero attached hydrogens (tertiary/aromatic N) is 3. The molecule has 1 aromatic carbocycles. The van der Waals surface area contributed by atoms with Crippen LogP contribution >= 0.6 is 0 Å². The number of hydrogen-bond acceptors (Lipinski definition) is 4. The van der Waals surface area contributed by atoms with E-state index in [4.69, 9.17) is 5.73 Å². The van der Waals surface area contributed by atoms with Crippen molar-refractivity contribution in [3.63, 3.8) is 0 Å². The molecule has 0 bridgehead atoms. The number of carbonyl (C=O) groups excluding carboxylic acids is 1. The van der Waals surface area contributed by atoms with Gasteiger partial charge in [-0.15, -0.1) is 0 Å². The van der Waals surface area contributed by atoms with Crippen molar-refractivity contribution in [1.29, 1.82) is 0 Å². The lowest BCUT2D eigenvalue weighted by Crippen LogP contribution is -2.35. The maximum atomic E-state index is 12.3. The number of anilines is 2.